The highest BCUT2D eigenvalue weighted by Gasteiger charge is 2.10. The van der Waals surface area contributed by atoms with E-state index in [1.165, 1.54) is 40.6 Å². The molecule has 0 saturated carbocycles. The highest BCUT2D eigenvalue weighted by atomic mass is 15.1. The summed E-state index contributed by atoms with van der Waals surface area (Å²) >= 11 is 0. The molecule has 2 aromatic carbocycles. The molecule has 116 valence electrons. The summed E-state index contributed by atoms with van der Waals surface area (Å²) in [7, 11) is 0. The summed E-state index contributed by atoms with van der Waals surface area (Å²) in [6.45, 7) is 3.10. The van der Waals surface area contributed by atoms with Gasteiger partial charge in [0.1, 0.15) is 5.82 Å². The molecule has 4 aromatic rings. The molecule has 0 spiro atoms. The maximum Gasteiger partial charge on any atom is 0.110 e. The van der Waals surface area contributed by atoms with Crippen molar-refractivity contribution in [1.29, 1.82) is 0 Å². The number of hydrogen-bond donors (Lipinski definition) is 1. The summed E-state index contributed by atoms with van der Waals surface area (Å²) in [6, 6.07) is 17.2. The van der Waals surface area contributed by atoms with Crippen LogP contribution >= 0.6 is 0 Å². The van der Waals surface area contributed by atoms with Crippen LogP contribution in [-0.2, 0) is 13.0 Å². The first-order valence-corrected chi connectivity index (χ1v) is 8.35. The van der Waals surface area contributed by atoms with Crippen molar-refractivity contribution in [3.63, 3.8) is 0 Å². The van der Waals surface area contributed by atoms with Crippen LogP contribution in [0.25, 0.3) is 21.9 Å². The number of hydrogen-bond acceptors (Lipinski definition) is 1. The van der Waals surface area contributed by atoms with Crippen LogP contribution in [0.2, 0.25) is 0 Å². The zero-order valence-corrected chi connectivity index (χ0v) is 13.4. The highest BCUT2D eigenvalue weighted by Crippen LogP contribution is 2.21. The lowest BCUT2D eigenvalue weighted by Gasteiger charge is -2.09. The Kier molecular flexibility index (Phi) is 3.62. The first kappa shape index (κ1) is 14.1. The predicted octanol–water partition coefficient (Wildman–Crippen LogP) is 4.91. The van der Waals surface area contributed by atoms with Crippen molar-refractivity contribution in [1.82, 2.24) is 14.5 Å². The zero-order chi connectivity index (χ0) is 15.6. The van der Waals surface area contributed by atoms with Gasteiger partial charge in [-0.05, 0) is 47.7 Å². The Balaban J connectivity index is 1.76. The molecule has 0 bridgehead atoms. The van der Waals surface area contributed by atoms with E-state index in [-0.39, 0.29) is 0 Å². The van der Waals surface area contributed by atoms with Gasteiger partial charge in [0.15, 0.2) is 0 Å². The lowest BCUT2D eigenvalue weighted by Crippen LogP contribution is -2.05. The van der Waals surface area contributed by atoms with Crippen LogP contribution in [0.15, 0.2) is 54.7 Å². The third kappa shape index (κ3) is 2.63. The van der Waals surface area contributed by atoms with Gasteiger partial charge in [0, 0.05) is 24.7 Å². The Hall–Kier alpha value is -2.55. The molecular weight excluding hydrogens is 282 g/mol. The van der Waals surface area contributed by atoms with Gasteiger partial charge in [-0.2, -0.15) is 0 Å². The lowest BCUT2D eigenvalue weighted by molar-refractivity contribution is 0.690. The number of fused-ring (bicyclic) bond motifs is 2. The number of nitrogens with one attached hydrogen (secondary N) is 1. The molecule has 3 nitrogen and oxygen atoms in total. The number of unbranched alkanes of at least 4 members (excludes halogenated alkanes) is 1. The van der Waals surface area contributed by atoms with Crippen molar-refractivity contribution in [3.8, 4) is 0 Å². The number of imidazole rings is 1. The summed E-state index contributed by atoms with van der Waals surface area (Å²) in [5.41, 5.74) is 4.84. The molecule has 0 aliphatic heterocycles. The molecule has 0 aliphatic rings. The van der Waals surface area contributed by atoms with E-state index in [4.69, 9.17) is 4.98 Å². The minimum Gasteiger partial charge on any atom is -0.361 e. The normalized spacial score (nSPS) is 11.5. The van der Waals surface area contributed by atoms with Gasteiger partial charge in [-0.1, -0.05) is 31.5 Å². The number of aromatic amines is 1. The van der Waals surface area contributed by atoms with Crippen molar-refractivity contribution in [2.24, 2.45) is 0 Å². The summed E-state index contributed by atoms with van der Waals surface area (Å²) < 4.78 is 2.37. The molecule has 0 aliphatic carbocycles. The fourth-order valence-corrected chi connectivity index (χ4v) is 3.21. The second-order valence-corrected chi connectivity index (χ2v) is 6.11. The Labute approximate surface area is 136 Å². The Morgan fingerprint density at radius 1 is 1.09 bits per heavy atom. The van der Waals surface area contributed by atoms with Gasteiger partial charge >= 0.3 is 0 Å². The monoisotopic (exact) mass is 303 g/mol. The predicted molar refractivity (Wildman–Crippen MR) is 95.7 cm³/mol. The molecule has 1 N–H and O–H groups in total. The summed E-state index contributed by atoms with van der Waals surface area (Å²) in [4.78, 5) is 8.11. The topological polar surface area (TPSA) is 33.6 Å². The molecule has 3 heteroatoms. The van der Waals surface area contributed by atoms with Crippen molar-refractivity contribution in [2.45, 2.75) is 32.7 Å². The van der Waals surface area contributed by atoms with E-state index >= 15 is 0 Å². The van der Waals surface area contributed by atoms with Crippen LogP contribution in [0.5, 0.6) is 0 Å². The highest BCUT2D eigenvalue weighted by molar-refractivity contribution is 5.80. The van der Waals surface area contributed by atoms with E-state index in [2.05, 4.69) is 65.0 Å². The molecule has 0 atom stereocenters. The number of aromatic nitrogens is 3. The first-order valence-electron chi connectivity index (χ1n) is 8.35. The Morgan fingerprint density at radius 2 is 2.00 bits per heavy atom. The van der Waals surface area contributed by atoms with E-state index < -0.39 is 0 Å². The molecule has 2 heterocycles. The fraction of sp³-hybridized carbons (Fsp3) is 0.250. The molecule has 0 fully saturated rings. The average molecular weight is 303 g/mol. The minimum absolute atomic E-state index is 0.876. The maximum absolute atomic E-state index is 4.86. The van der Waals surface area contributed by atoms with Crippen molar-refractivity contribution in [3.05, 3.63) is 66.1 Å². The van der Waals surface area contributed by atoms with Crippen LogP contribution in [0, 0.1) is 0 Å². The number of aryl methyl sites for hydroxylation is 1. The second-order valence-electron chi connectivity index (χ2n) is 6.11. The van der Waals surface area contributed by atoms with Crippen LogP contribution in [0.1, 0.15) is 31.2 Å². The third-order valence-electron chi connectivity index (χ3n) is 4.45. The van der Waals surface area contributed by atoms with Crippen LogP contribution in [0.4, 0.5) is 0 Å². The van der Waals surface area contributed by atoms with Gasteiger partial charge < -0.3 is 9.55 Å². The fourth-order valence-electron chi connectivity index (χ4n) is 3.21. The standard InChI is InChI=1S/C20H21N3/c1-2-3-8-20-22-18-6-4-5-7-19(18)23(20)14-15-9-10-17-16(13-15)11-12-21-17/h4-7,9-13,21H,2-3,8,14H2,1H3. The van der Waals surface area contributed by atoms with Gasteiger partial charge in [-0.15, -0.1) is 0 Å². The van der Waals surface area contributed by atoms with E-state index in [1.54, 1.807) is 0 Å². The van der Waals surface area contributed by atoms with Gasteiger partial charge in [0.05, 0.1) is 11.0 Å². The van der Waals surface area contributed by atoms with E-state index in [1.807, 2.05) is 6.20 Å². The molecule has 2 aromatic heterocycles. The Bertz CT molecular complexity index is 946. The number of H-pyrrole nitrogens is 1. The quantitative estimate of drug-likeness (QED) is 0.558. The van der Waals surface area contributed by atoms with Crippen LogP contribution in [0.3, 0.4) is 0 Å². The number of nitrogens with zero attached hydrogens (tertiary/aromatic N) is 2. The Morgan fingerprint density at radius 3 is 2.91 bits per heavy atom. The van der Waals surface area contributed by atoms with E-state index in [9.17, 15) is 0 Å². The molecule has 0 saturated heterocycles. The summed E-state index contributed by atoms with van der Waals surface area (Å²) in [6.07, 6.45) is 5.41. The summed E-state index contributed by atoms with van der Waals surface area (Å²) in [5, 5.41) is 1.27. The average Bonchev–Trinajstić information content (AvgIpc) is 3.17. The molecule has 0 radical (unpaired) electrons. The summed E-state index contributed by atoms with van der Waals surface area (Å²) in [5.74, 6) is 1.20. The van der Waals surface area contributed by atoms with Gasteiger partial charge in [-0.25, -0.2) is 4.98 Å². The molecule has 0 amide bonds. The molecule has 4 rings (SSSR count). The van der Waals surface area contributed by atoms with Gasteiger partial charge in [0.2, 0.25) is 0 Å². The van der Waals surface area contributed by atoms with Crippen molar-refractivity contribution < 1.29 is 0 Å². The van der Waals surface area contributed by atoms with E-state index in [0.717, 1.165) is 18.5 Å². The first-order chi connectivity index (χ1) is 11.3. The number of benzene rings is 2. The SMILES string of the molecule is CCCCc1nc2ccccc2n1Cc1ccc2[nH]ccc2c1. The smallest absolute Gasteiger partial charge is 0.110 e. The van der Waals surface area contributed by atoms with Crippen molar-refractivity contribution in [2.75, 3.05) is 0 Å². The lowest BCUT2D eigenvalue weighted by atomic mass is 10.1. The molecule has 23 heavy (non-hydrogen) atoms. The van der Waals surface area contributed by atoms with Gasteiger partial charge in [-0.3, -0.25) is 0 Å². The molecule has 0 unspecified atom stereocenters. The number of rotatable bonds is 5. The van der Waals surface area contributed by atoms with Gasteiger partial charge in [0.25, 0.3) is 0 Å². The largest absolute Gasteiger partial charge is 0.361 e. The minimum atomic E-state index is 0.876. The third-order valence-corrected chi connectivity index (χ3v) is 4.45. The van der Waals surface area contributed by atoms with E-state index in [0.29, 0.717) is 0 Å². The zero-order valence-electron chi connectivity index (χ0n) is 13.4. The molecular formula is C20H21N3. The van der Waals surface area contributed by atoms with Crippen LogP contribution < -0.4 is 0 Å². The van der Waals surface area contributed by atoms with Crippen LogP contribution in [-0.4, -0.2) is 14.5 Å². The maximum atomic E-state index is 4.86. The second kappa shape index (κ2) is 5.92. The van der Waals surface area contributed by atoms with Crippen molar-refractivity contribution >= 4 is 21.9 Å². The number of para-hydroxylation sites is 2.